The number of carbonyl (C=O) groups excluding carboxylic acids is 1. The largest absolute Gasteiger partial charge is 0.360 e. The van der Waals surface area contributed by atoms with Crippen LogP contribution in [0, 0.1) is 10.1 Å². The van der Waals surface area contributed by atoms with Crippen LogP contribution in [0.1, 0.15) is 12.8 Å². The number of anilines is 1. The highest BCUT2D eigenvalue weighted by Crippen LogP contribution is 2.29. The van der Waals surface area contributed by atoms with Gasteiger partial charge in [0.2, 0.25) is 16.9 Å². The second-order valence-electron chi connectivity index (χ2n) is 3.80. The van der Waals surface area contributed by atoms with Crippen molar-refractivity contribution < 1.29 is 9.72 Å². The molecule has 1 amide bonds. The quantitative estimate of drug-likeness (QED) is 0.476. The van der Waals surface area contributed by atoms with Gasteiger partial charge in [-0.15, -0.1) is 0 Å². The number of hydrogen-bond acceptors (Lipinski definition) is 6. The average molecular weight is 272 g/mol. The van der Waals surface area contributed by atoms with Crippen LogP contribution in [0.4, 0.5) is 11.5 Å². The van der Waals surface area contributed by atoms with Crippen molar-refractivity contribution in [2.45, 2.75) is 18.9 Å². The zero-order chi connectivity index (χ0) is 13.1. The third-order valence-electron chi connectivity index (χ3n) is 2.57. The summed E-state index contributed by atoms with van der Waals surface area (Å²) in [4.78, 5) is 28.6. The first kappa shape index (κ1) is 12.5. The van der Waals surface area contributed by atoms with Crippen molar-refractivity contribution in [3.05, 3.63) is 21.6 Å². The van der Waals surface area contributed by atoms with Crippen LogP contribution < -0.4 is 10.6 Å². The number of amides is 1. The number of aromatic nitrogens is 2. The predicted octanol–water partition coefficient (Wildman–Crippen LogP) is 0.729. The summed E-state index contributed by atoms with van der Waals surface area (Å²) < 4.78 is 0. The van der Waals surface area contributed by atoms with Gasteiger partial charge in [-0.05, 0) is 6.42 Å². The minimum absolute atomic E-state index is 0.0248. The molecule has 1 fully saturated rings. The monoisotopic (exact) mass is 271 g/mol. The van der Waals surface area contributed by atoms with Crippen LogP contribution >= 0.6 is 11.6 Å². The molecule has 1 aromatic heterocycles. The molecule has 1 atom stereocenters. The van der Waals surface area contributed by atoms with Gasteiger partial charge in [-0.25, -0.2) is 9.97 Å². The highest BCUT2D eigenvalue weighted by Gasteiger charge is 2.25. The minimum atomic E-state index is -0.633. The SMILES string of the molecule is O=C1CCC(Nc2ncnc(Cl)c2[N+](=O)[O-])CN1. The van der Waals surface area contributed by atoms with Crippen molar-refractivity contribution in [3.63, 3.8) is 0 Å². The Morgan fingerprint density at radius 1 is 1.56 bits per heavy atom. The average Bonchev–Trinajstić information content (AvgIpc) is 2.32. The van der Waals surface area contributed by atoms with E-state index >= 15 is 0 Å². The molecule has 0 aromatic carbocycles. The first-order valence-corrected chi connectivity index (χ1v) is 5.64. The lowest BCUT2D eigenvalue weighted by Crippen LogP contribution is -2.42. The molecule has 1 aliphatic rings. The lowest BCUT2D eigenvalue weighted by atomic mass is 10.1. The van der Waals surface area contributed by atoms with Crippen molar-refractivity contribution in [2.75, 3.05) is 11.9 Å². The van der Waals surface area contributed by atoms with E-state index in [9.17, 15) is 14.9 Å². The van der Waals surface area contributed by atoms with Gasteiger partial charge in [0.1, 0.15) is 6.33 Å². The maximum Gasteiger partial charge on any atom is 0.348 e. The van der Waals surface area contributed by atoms with Gasteiger partial charge in [-0.3, -0.25) is 14.9 Å². The predicted molar refractivity (Wildman–Crippen MR) is 63.4 cm³/mol. The summed E-state index contributed by atoms with van der Waals surface area (Å²) >= 11 is 5.66. The normalized spacial score (nSPS) is 19.2. The Balaban J connectivity index is 2.16. The second-order valence-corrected chi connectivity index (χ2v) is 4.16. The Morgan fingerprint density at radius 2 is 2.33 bits per heavy atom. The first-order valence-electron chi connectivity index (χ1n) is 5.26. The molecule has 2 heterocycles. The molecule has 1 aliphatic heterocycles. The van der Waals surface area contributed by atoms with E-state index in [1.165, 1.54) is 0 Å². The van der Waals surface area contributed by atoms with Crippen molar-refractivity contribution in [2.24, 2.45) is 0 Å². The van der Waals surface area contributed by atoms with Gasteiger partial charge in [-0.2, -0.15) is 0 Å². The van der Waals surface area contributed by atoms with Gasteiger partial charge in [-0.1, -0.05) is 11.6 Å². The lowest BCUT2D eigenvalue weighted by molar-refractivity contribution is -0.384. The van der Waals surface area contributed by atoms with E-state index in [2.05, 4.69) is 20.6 Å². The van der Waals surface area contributed by atoms with E-state index in [0.717, 1.165) is 6.33 Å². The fraction of sp³-hybridized carbons (Fsp3) is 0.444. The van der Waals surface area contributed by atoms with Crippen molar-refractivity contribution >= 4 is 29.0 Å². The van der Waals surface area contributed by atoms with Crippen LogP contribution in [0.5, 0.6) is 0 Å². The fourth-order valence-corrected chi connectivity index (χ4v) is 1.88. The van der Waals surface area contributed by atoms with Crippen molar-refractivity contribution in [1.82, 2.24) is 15.3 Å². The minimum Gasteiger partial charge on any atom is -0.360 e. The smallest absolute Gasteiger partial charge is 0.348 e. The molecule has 96 valence electrons. The van der Waals surface area contributed by atoms with Crippen LogP contribution in [0.2, 0.25) is 5.15 Å². The summed E-state index contributed by atoms with van der Waals surface area (Å²) in [6.07, 6.45) is 2.12. The second kappa shape index (κ2) is 5.13. The molecular weight excluding hydrogens is 262 g/mol. The van der Waals surface area contributed by atoms with E-state index in [1.807, 2.05) is 0 Å². The molecule has 2 N–H and O–H groups in total. The Labute approximate surface area is 107 Å². The van der Waals surface area contributed by atoms with Gasteiger partial charge < -0.3 is 10.6 Å². The Morgan fingerprint density at radius 3 is 2.94 bits per heavy atom. The summed E-state index contributed by atoms with van der Waals surface area (Å²) in [5, 5.41) is 16.2. The summed E-state index contributed by atoms with van der Waals surface area (Å²) in [5.41, 5.74) is -0.351. The molecule has 0 spiro atoms. The zero-order valence-corrected chi connectivity index (χ0v) is 9.98. The van der Waals surface area contributed by atoms with Crippen molar-refractivity contribution in [1.29, 1.82) is 0 Å². The molecule has 0 bridgehead atoms. The molecule has 9 heteroatoms. The van der Waals surface area contributed by atoms with Crippen LogP contribution in [0.15, 0.2) is 6.33 Å². The molecule has 0 aliphatic carbocycles. The number of hydrogen-bond donors (Lipinski definition) is 2. The molecule has 2 rings (SSSR count). The van der Waals surface area contributed by atoms with E-state index in [4.69, 9.17) is 11.6 Å². The number of nitrogens with one attached hydrogen (secondary N) is 2. The molecule has 0 saturated carbocycles. The molecule has 1 aromatic rings. The third-order valence-corrected chi connectivity index (χ3v) is 2.84. The maximum absolute atomic E-state index is 11.0. The molecule has 1 unspecified atom stereocenters. The Hall–Kier alpha value is -1.96. The fourth-order valence-electron chi connectivity index (χ4n) is 1.67. The molecule has 1 saturated heterocycles. The lowest BCUT2D eigenvalue weighted by Gasteiger charge is -2.23. The molecule has 8 nitrogen and oxygen atoms in total. The number of halogens is 1. The van der Waals surface area contributed by atoms with Crippen molar-refractivity contribution in [3.8, 4) is 0 Å². The summed E-state index contributed by atoms with van der Waals surface area (Å²) in [6.45, 7) is 0.400. The number of piperidine rings is 1. The van der Waals surface area contributed by atoms with Gasteiger partial charge in [0, 0.05) is 19.0 Å². The number of nitrogens with zero attached hydrogens (tertiary/aromatic N) is 3. The van der Waals surface area contributed by atoms with E-state index in [1.54, 1.807) is 0 Å². The molecule has 0 radical (unpaired) electrons. The topological polar surface area (TPSA) is 110 Å². The van der Waals surface area contributed by atoms with E-state index in [0.29, 0.717) is 19.4 Å². The van der Waals surface area contributed by atoms with Gasteiger partial charge >= 0.3 is 5.69 Å². The number of rotatable bonds is 3. The van der Waals surface area contributed by atoms with Crippen LogP contribution in [0.3, 0.4) is 0 Å². The highest BCUT2D eigenvalue weighted by molar-refractivity contribution is 6.31. The first-order chi connectivity index (χ1) is 8.58. The van der Waals surface area contributed by atoms with E-state index in [-0.39, 0.29) is 28.6 Å². The molecular formula is C9H10ClN5O3. The van der Waals surface area contributed by atoms with Crippen LogP contribution in [-0.2, 0) is 4.79 Å². The van der Waals surface area contributed by atoms with Gasteiger partial charge in [0.05, 0.1) is 4.92 Å². The number of carbonyl (C=O) groups is 1. The Kier molecular flexibility index (Phi) is 3.56. The summed E-state index contributed by atoms with van der Waals surface area (Å²) in [7, 11) is 0. The summed E-state index contributed by atoms with van der Waals surface area (Å²) in [6, 6.07) is -0.104. The van der Waals surface area contributed by atoms with Gasteiger partial charge in [0.25, 0.3) is 0 Å². The molecule has 18 heavy (non-hydrogen) atoms. The third kappa shape index (κ3) is 2.65. The van der Waals surface area contributed by atoms with E-state index < -0.39 is 4.92 Å². The number of nitro groups is 1. The maximum atomic E-state index is 11.0. The highest BCUT2D eigenvalue weighted by atomic mass is 35.5. The standard InChI is InChI=1S/C9H10ClN5O3/c10-8-7(15(17)18)9(13-4-12-8)14-5-1-2-6(16)11-3-5/h4-5H,1-3H2,(H,11,16)(H,12,13,14). The van der Waals surface area contributed by atoms with Crippen LogP contribution in [0.25, 0.3) is 0 Å². The summed E-state index contributed by atoms with van der Waals surface area (Å²) in [5.74, 6) is 0.0458. The van der Waals surface area contributed by atoms with Crippen LogP contribution in [-0.4, -0.2) is 33.4 Å². The Bertz CT molecular complexity index is 485. The van der Waals surface area contributed by atoms with Gasteiger partial charge in [0.15, 0.2) is 0 Å². The zero-order valence-electron chi connectivity index (χ0n) is 9.22.